The fourth-order valence-electron chi connectivity index (χ4n) is 3.86. The van der Waals surface area contributed by atoms with Gasteiger partial charge in [0.05, 0.1) is 21.5 Å². The van der Waals surface area contributed by atoms with Crippen LogP contribution in [0.4, 0.5) is 26.4 Å². The van der Waals surface area contributed by atoms with E-state index in [1.54, 1.807) is 50.8 Å². The number of aryl methyl sites for hydroxylation is 1. The van der Waals surface area contributed by atoms with Gasteiger partial charge < -0.3 is 15.0 Å². The molecule has 1 aromatic heterocycles. The molecule has 1 amide bonds. The van der Waals surface area contributed by atoms with Crippen LogP contribution in [0.1, 0.15) is 38.8 Å². The van der Waals surface area contributed by atoms with Gasteiger partial charge in [0.1, 0.15) is 29.1 Å². The molecule has 2 heterocycles. The number of halogens is 1. The lowest BCUT2D eigenvalue weighted by Crippen LogP contribution is -2.57. The molecule has 0 atom stereocenters. The Bertz CT molecular complexity index is 1430. The lowest BCUT2D eigenvalue weighted by Gasteiger charge is -2.44. The van der Waals surface area contributed by atoms with E-state index in [9.17, 15) is 19.3 Å². The minimum Gasteiger partial charge on any atom is -0.444 e. The quantitative estimate of drug-likeness (QED) is 0.299. The third-order valence-corrected chi connectivity index (χ3v) is 5.62. The molecule has 1 N–H and O–H groups in total. The van der Waals surface area contributed by atoms with E-state index in [0.29, 0.717) is 29.6 Å². The second-order valence-electron chi connectivity index (χ2n) is 10.1. The summed E-state index contributed by atoms with van der Waals surface area (Å²) < 4.78 is 19.9. The summed E-state index contributed by atoms with van der Waals surface area (Å²) >= 11 is 0. The number of carbonyl (C=O) groups is 1. The standard InChI is InChI=1S/C26H26FN5O4/c1-16-7-6-8-19(22(16)27)30-23-18-12-21(32(34)35)17(11-20(18)28-15-29-23)9-10-26(5)13-31(14-26)24(33)36-25(2,3)4/h6-8,11-12,15H,13-14H2,1-5H3,(H,28,29,30). The average Bonchev–Trinajstić information content (AvgIpc) is 2.77. The van der Waals surface area contributed by atoms with Crippen molar-refractivity contribution < 1.29 is 18.8 Å². The number of aromatic nitrogens is 2. The van der Waals surface area contributed by atoms with Crippen LogP contribution >= 0.6 is 0 Å². The molecule has 0 radical (unpaired) electrons. The van der Waals surface area contributed by atoms with Gasteiger partial charge >= 0.3 is 6.09 Å². The first-order valence-corrected chi connectivity index (χ1v) is 11.3. The molecule has 186 valence electrons. The average molecular weight is 492 g/mol. The molecule has 3 aromatic rings. The van der Waals surface area contributed by atoms with Crippen molar-refractivity contribution in [2.75, 3.05) is 18.4 Å². The van der Waals surface area contributed by atoms with E-state index in [4.69, 9.17) is 4.74 Å². The minimum absolute atomic E-state index is 0.191. The summed E-state index contributed by atoms with van der Waals surface area (Å²) in [7, 11) is 0. The van der Waals surface area contributed by atoms with Gasteiger partial charge in [-0.1, -0.05) is 24.0 Å². The van der Waals surface area contributed by atoms with Crippen molar-refractivity contribution in [1.29, 1.82) is 0 Å². The van der Waals surface area contributed by atoms with Crippen LogP contribution in [-0.2, 0) is 4.74 Å². The Morgan fingerprint density at radius 1 is 1.28 bits per heavy atom. The molecule has 4 rings (SSSR count). The smallest absolute Gasteiger partial charge is 0.410 e. The maximum absolute atomic E-state index is 14.5. The number of amides is 1. The fourth-order valence-corrected chi connectivity index (χ4v) is 3.86. The number of nitro benzene ring substituents is 1. The van der Waals surface area contributed by atoms with Crippen LogP contribution in [0.2, 0.25) is 0 Å². The Labute approximate surface area is 207 Å². The molecule has 0 bridgehead atoms. The van der Waals surface area contributed by atoms with Crippen molar-refractivity contribution in [3.8, 4) is 11.8 Å². The summed E-state index contributed by atoms with van der Waals surface area (Å²) in [5.41, 5.74) is -0.0717. The number of anilines is 2. The fraction of sp³-hybridized carbons (Fsp3) is 0.346. The molecular formula is C26H26FN5O4. The Balaban J connectivity index is 1.63. The maximum Gasteiger partial charge on any atom is 0.410 e. The van der Waals surface area contributed by atoms with Crippen LogP contribution in [0.25, 0.3) is 10.9 Å². The highest BCUT2D eigenvalue weighted by molar-refractivity contribution is 5.93. The number of likely N-dealkylation sites (tertiary alicyclic amines) is 1. The number of ether oxygens (including phenoxy) is 1. The van der Waals surface area contributed by atoms with Crippen molar-refractivity contribution in [2.45, 2.75) is 40.2 Å². The summed E-state index contributed by atoms with van der Waals surface area (Å²) in [5.74, 6) is 5.79. The van der Waals surface area contributed by atoms with E-state index in [2.05, 4.69) is 27.1 Å². The highest BCUT2D eigenvalue weighted by atomic mass is 19.1. The summed E-state index contributed by atoms with van der Waals surface area (Å²) in [6, 6.07) is 7.76. The van der Waals surface area contributed by atoms with E-state index >= 15 is 0 Å². The second kappa shape index (κ2) is 9.07. The van der Waals surface area contributed by atoms with Crippen molar-refractivity contribution in [3.05, 3.63) is 63.7 Å². The van der Waals surface area contributed by atoms with Gasteiger partial charge in [0.2, 0.25) is 0 Å². The minimum atomic E-state index is -0.596. The van der Waals surface area contributed by atoms with Gasteiger partial charge in [0.15, 0.2) is 0 Å². The third-order valence-electron chi connectivity index (χ3n) is 5.62. The Hall–Kier alpha value is -4.26. The van der Waals surface area contributed by atoms with Crippen LogP contribution in [0.5, 0.6) is 0 Å². The SMILES string of the molecule is Cc1cccc(Nc2ncnc3cc(C#CC4(C)CN(C(=O)OC(C)(C)C)C4)c([N+](=O)[O-])cc23)c1F. The van der Waals surface area contributed by atoms with Gasteiger partial charge in [-0.2, -0.15) is 0 Å². The van der Waals surface area contributed by atoms with Crippen molar-refractivity contribution in [1.82, 2.24) is 14.9 Å². The topological polar surface area (TPSA) is 110 Å². The zero-order chi connectivity index (χ0) is 26.3. The Morgan fingerprint density at radius 3 is 2.67 bits per heavy atom. The summed E-state index contributed by atoms with van der Waals surface area (Å²) in [6.07, 6.45) is 0.883. The van der Waals surface area contributed by atoms with Gasteiger partial charge in [-0.3, -0.25) is 10.1 Å². The van der Waals surface area contributed by atoms with Crippen LogP contribution in [0.3, 0.4) is 0 Å². The second-order valence-corrected chi connectivity index (χ2v) is 10.1. The van der Waals surface area contributed by atoms with Crippen LogP contribution in [0.15, 0.2) is 36.7 Å². The summed E-state index contributed by atoms with van der Waals surface area (Å²) in [6.45, 7) is 9.63. The zero-order valence-corrected chi connectivity index (χ0v) is 20.7. The van der Waals surface area contributed by atoms with E-state index in [0.717, 1.165) is 0 Å². The van der Waals surface area contributed by atoms with Crippen LogP contribution in [0, 0.1) is 40.1 Å². The van der Waals surface area contributed by atoms with Crippen LogP contribution in [-0.4, -0.2) is 44.6 Å². The number of rotatable bonds is 3. The third kappa shape index (κ3) is 5.20. The van der Waals surface area contributed by atoms with Crippen molar-refractivity contribution >= 4 is 34.2 Å². The number of fused-ring (bicyclic) bond motifs is 1. The first-order valence-electron chi connectivity index (χ1n) is 11.3. The maximum atomic E-state index is 14.5. The van der Waals surface area contributed by atoms with E-state index < -0.39 is 27.8 Å². The lowest BCUT2D eigenvalue weighted by molar-refractivity contribution is -0.385. The van der Waals surface area contributed by atoms with Gasteiger partial charge in [-0.15, -0.1) is 0 Å². The molecular weight excluding hydrogens is 465 g/mol. The molecule has 1 aliphatic rings. The molecule has 9 nitrogen and oxygen atoms in total. The summed E-state index contributed by atoms with van der Waals surface area (Å²) in [5, 5.41) is 15.1. The number of hydrogen-bond donors (Lipinski definition) is 1. The largest absolute Gasteiger partial charge is 0.444 e. The van der Waals surface area contributed by atoms with Gasteiger partial charge in [0, 0.05) is 24.5 Å². The lowest BCUT2D eigenvalue weighted by atomic mass is 9.83. The number of carbonyl (C=O) groups excluding carboxylic acids is 1. The predicted molar refractivity (Wildman–Crippen MR) is 133 cm³/mol. The van der Waals surface area contributed by atoms with Crippen molar-refractivity contribution in [2.24, 2.45) is 5.41 Å². The molecule has 0 aliphatic carbocycles. The normalized spacial score (nSPS) is 14.4. The molecule has 0 unspecified atom stereocenters. The van der Waals surface area contributed by atoms with Crippen LogP contribution < -0.4 is 5.32 Å². The molecule has 1 saturated heterocycles. The number of nitrogens with zero attached hydrogens (tertiary/aromatic N) is 4. The van der Waals surface area contributed by atoms with E-state index in [1.807, 2.05) is 6.92 Å². The molecule has 2 aromatic carbocycles. The number of nitro groups is 1. The molecule has 1 fully saturated rings. The number of benzene rings is 2. The molecule has 0 saturated carbocycles. The highest BCUT2D eigenvalue weighted by Gasteiger charge is 2.42. The zero-order valence-electron chi connectivity index (χ0n) is 20.7. The van der Waals surface area contributed by atoms with Gasteiger partial charge in [-0.25, -0.2) is 19.2 Å². The van der Waals surface area contributed by atoms with Gasteiger partial charge in [0.25, 0.3) is 5.69 Å². The molecule has 10 heteroatoms. The molecule has 36 heavy (non-hydrogen) atoms. The highest BCUT2D eigenvalue weighted by Crippen LogP contribution is 2.33. The predicted octanol–water partition coefficient (Wildman–Crippen LogP) is 5.34. The first-order chi connectivity index (χ1) is 16.8. The van der Waals surface area contributed by atoms with Crippen molar-refractivity contribution in [3.63, 3.8) is 0 Å². The summed E-state index contributed by atoms with van der Waals surface area (Å²) in [4.78, 5) is 33.5. The Morgan fingerprint density at radius 2 is 2.00 bits per heavy atom. The molecule has 1 aliphatic heterocycles. The van der Waals surface area contributed by atoms with Gasteiger partial charge in [-0.05, 0) is 52.3 Å². The first kappa shape index (κ1) is 24.9. The number of nitrogens with one attached hydrogen (secondary N) is 1. The van der Waals surface area contributed by atoms with E-state index in [1.165, 1.54) is 18.5 Å². The monoisotopic (exact) mass is 491 g/mol. The number of hydrogen-bond acceptors (Lipinski definition) is 7. The Kier molecular flexibility index (Phi) is 6.26. The molecule has 0 spiro atoms. The van der Waals surface area contributed by atoms with E-state index in [-0.39, 0.29) is 22.8 Å².